The van der Waals surface area contributed by atoms with E-state index in [-0.39, 0.29) is 12.5 Å². The van der Waals surface area contributed by atoms with Crippen molar-refractivity contribution in [3.63, 3.8) is 0 Å². The van der Waals surface area contributed by atoms with Gasteiger partial charge >= 0.3 is 0 Å². The molecule has 2 fully saturated rings. The van der Waals surface area contributed by atoms with Crippen LogP contribution in [0, 0.1) is 0 Å². The molecule has 0 spiro atoms. The number of piperazine rings is 1. The summed E-state index contributed by atoms with van der Waals surface area (Å²) in [5, 5.41) is 2.19. The quantitative estimate of drug-likeness (QED) is 0.649. The Kier molecular flexibility index (Phi) is 4.91. The van der Waals surface area contributed by atoms with Crippen LogP contribution in [0.3, 0.4) is 0 Å². The van der Waals surface area contributed by atoms with Gasteiger partial charge in [-0.15, -0.1) is 0 Å². The van der Waals surface area contributed by atoms with Gasteiger partial charge in [0.1, 0.15) is 6.04 Å². The number of nitrogens with zero attached hydrogens (tertiary/aromatic N) is 2. The molecule has 1 atom stereocenters. The van der Waals surface area contributed by atoms with E-state index in [4.69, 9.17) is 0 Å². The van der Waals surface area contributed by atoms with E-state index in [1.54, 1.807) is 4.90 Å². The first-order chi connectivity index (χ1) is 9.71. The lowest BCUT2D eigenvalue weighted by molar-refractivity contribution is -0.135. The van der Waals surface area contributed by atoms with Gasteiger partial charge in [-0.3, -0.25) is 4.79 Å². The first kappa shape index (κ1) is 16.7. The van der Waals surface area contributed by atoms with Gasteiger partial charge in [0.05, 0.1) is 0 Å². The van der Waals surface area contributed by atoms with Gasteiger partial charge in [-0.1, -0.05) is 0 Å². The van der Waals surface area contributed by atoms with Gasteiger partial charge in [0.2, 0.25) is 15.9 Å². The maximum absolute atomic E-state index is 12.5. The topological polar surface area (TPSA) is 104 Å². The zero-order chi connectivity index (χ0) is 15.7. The largest absolute Gasteiger partial charge is 0.339 e. The second-order valence-corrected chi connectivity index (χ2v) is 9.93. The second-order valence-electron chi connectivity index (χ2n) is 5.50. The SMILES string of the molecule is CS(=O)(=O)CS(=O)(=O)N1CCCC1C(=O)N1CCNCC1. The molecule has 0 aromatic carbocycles. The summed E-state index contributed by atoms with van der Waals surface area (Å²) in [5.41, 5.74) is 0. The fourth-order valence-electron chi connectivity index (χ4n) is 2.75. The number of hydrogen-bond acceptors (Lipinski definition) is 6. The average Bonchev–Trinajstić information content (AvgIpc) is 2.86. The molecule has 0 bridgehead atoms. The van der Waals surface area contributed by atoms with Crippen molar-refractivity contribution in [2.75, 3.05) is 44.1 Å². The highest BCUT2D eigenvalue weighted by Crippen LogP contribution is 2.24. The van der Waals surface area contributed by atoms with Crippen LogP contribution in [0.15, 0.2) is 0 Å². The van der Waals surface area contributed by atoms with E-state index in [1.165, 1.54) is 0 Å². The zero-order valence-corrected chi connectivity index (χ0v) is 13.6. The van der Waals surface area contributed by atoms with E-state index < -0.39 is 31.0 Å². The molecule has 0 radical (unpaired) electrons. The van der Waals surface area contributed by atoms with Gasteiger partial charge in [0.15, 0.2) is 14.9 Å². The molecule has 1 amide bonds. The van der Waals surface area contributed by atoms with Crippen LogP contribution in [-0.4, -0.2) is 82.1 Å². The van der Waals surface area contributed by atoms with E-state index in [0.717, 1.165) is 10.6 Å². The van der Waals surface area contributed by atoms with Gasteiger partial charge in [-0.2, -0.15) is 4.31 Å². The fourth-order valence-corrected chi connectivity index (χ4v) is 6.45. The summed E-state index contributed by atoms with van der Waals surface area (Å²) in [7, 11) is -7.63. The van der Waals surface area contributed by atoms with Crippen LogP contribution in [-0.2, 0) is 24.7 Å². The predicted molar refractivity (Wildman–Crippen MR) is 77.8 cm³/mol. The Morgan fingerprint density at radius 3 is 2.33 bits per heavy atom. The summed E-state index contributed by atoms with van der Waals surface area (Å²) in [5.74, 6) is -0.217. The second kappa shape index (κ2) is 6.19. The minimum atomic E-state index is -3.97. The smallest absolute Gasteiger partial charge is 0.241 e. The van der Waals surface area contributed by atoms with Crippen molar-refractivity contribution in [3.05, 3.63) is 0 Å². The zero-order valence-electron chi connectivity index (χ0n) is 12.0. The first-order valence-corrected chi connectivity index (χ1v) is 10.5. The van der Waals surface area contributed by atoms with Crippen molar-refractivity contribution < 1.29 is 21.6 Å². The number of carbonyl (C=O) groups is 1. The summed E-state index contributed by atoms with van der Waals surface area (Å²) in [6, 6.07) is -0.755. The van der Waals surface area contributed by atoms with Crippen LogP contribution in [0.2, 0.25) is 0 Å². The highest BCUT2D eigenvalue weighted by atomic mass is 32.3. The minimum Gasteiger partial charge on any atom is -0.339 e. The summed E-state index contributed by atoms with van der Waals surface area (Å²) >= 11 is 0. The molecule has 10 heteroatoms. The van der Waals surface area contributed by atoms with Crippen molar-refractivity contribution in [1.82, 2.24) is 14.5 Å². The van der Waals surface area contributed by atoms with Crippen LogP contribution in [0.25, 0.3) is 0 Å². The van der Waals surface area contributed by atoms with Crippen LogP contribution >= 0.6 is 0 Å². The number of sulfone groups is 1. The van der Waals surface area contributed by atoms with Crippen LogP contribution in [0.1, 0.15) is 12.8 Å². The Hall–Kier alpha value is -0.710. The maximum Gasteiger partial charge on any atom is 0.241 e. The molecular weight excluding hydrogens is 318 g/mol. The van der Waals surface area contributed by atoms with Gasteiger partial charge < -0.3 is 10.2 Å². The van der Waals surface area contributed by atoms with Crippen molar-refractivity contribution in [1.29, 1.82) is 0 Å². The van der Waals surface area contributed by atoms with Crippen molar-refractivity contribution in [2.45, 2.75) is 18.9 Å². The lowest BCUT2D eigenvalue weighted by Gasteiger charge is -2.32. The van der Waals surface area contributed by atoms with Gasteiger partial charge in [-0.05, 0) is 12.8 Å². The van der Waals surface area contributed by atoms with Crippen molar-refractivity contribution >= 4 is 25.8 Å². The van der Waals surface area contributed by atoms with Crippen LogP contribution in [0.4, 0.5) is 0 Å². The molecule has 0 saturated carbocycles. The predicted octanol–water partition coefficient (Wildman–Crippen LogP) is -1.79. The molecular formula is C11H21N3O5S2. The number of amides is 1. The third kappa shape index (κ3) is 4.15. The monoisotopic (exact) mass is 339 g/mol. The molecule has 0 aromatic heterocycles. The van der Waals surface area contributed by atoms with E-state index in [1.807, 2.05) is 0 Å². The standard InChI is InChI=1S/C11H21N3O5S2/c1-20(16,17)9-21(18,19)14-6-2-3-10(14)11(15)13-7-4-12-5-8-13/h10,12H,2-9H2,1H3. The molecule has 2 saturated heterocycles. The average molecular weight is 339 g/mol. The van der Waals surface area contributed by atoms with E-state index in [0.29, 0.717) is 39.0 Å². The lowest BCUT2D eigenvalue weighted by atomic mass is 10.2. The molecule has 0 aliphatic carbocycles. The number of hydrogen-bond donors (Lipinski definition) is 1. The Morgan fingerprint density at radius 2 is 1.76 bits per heavy atom. The molecule has 21 heavy (non-hydrogen) atoms. The van der Waals surface area contributed by atoms with Crippen LogP contribution < -0.4 is 5.32 Å². The Balaban J connectivity index is 2.14. The summed E-state index contributed by atoms with van der Waals surface area (Å²) < 4.78 is 48.0. The van der Waals surface area contributed by atoms with E-state index in [9.17, 15) is 21.6 Å². The van der Waals surface area contributed by atoms with Gasteiger partial charge in [0, 0.05) is 39.0 Å². The Bertz CT molecular complexity index is 595. The third-order valence-corrected chi connectivity index (χ3v) is 7.69. The number of carbonyl (C=O) groups excluding carboxylic acids is 1. The van der Waals surface area contributed by atoms with Crippen LogP contribution in [0.5, 0.6) is 0 Å². The molecule has 2 heterocycles. The summed E-state index contributed by atoms with van der Waals surface area (Å²) in [4.78, 5) is 14.1. The summed E-state index contributed by atoms with van der Waals surface area (Å²) in [6.07, 6.45) is 1.91. The van der Waals surface area contributed by atoms with Crippen molar-refractivity contribution in [3.8, 4) is 0 Å². The molecule has 1 unspecified atom stereocenters. The normalized spacial score (nSPS) is 25.2. The van der Waals surface area contributed by atoms with Gasteiger partial charge in [-0.25, -0.2) is 16.8 Å². The molecule has 2 aliphatic rings. The van der Waals surface area contributed by atoms with Gasteiger partial charge in [0.25, 0.3) is 0 Å². The molecule has 1 N–H and O–H groups in total. The lowest BCUT2D eigenvalue weighted by Crippen LogP contribution is -2.53. The first-order valence-electron chi connectivity index (χ1n) is 6.87. The summed E-state index contributed by atoms with van der Waals surface area (Å²) in [6.45, 7) is 2.69. The maximum atomic E-state index is 12.5. The number of nitrogens with one attached hydrogen (secondary N) is 1. The Labute approximate surface area is 125 Å². The molecule has 2 aliphatic heterocycles. The van der Waals surface area contributed by atoms with Crippen molar-refractivity contribution in [2.24, 2.45) is 0 Å². The minimum absolute atomic E-state index is 0.209. The van der Waals surface area contributed by atoms with E-state index in [2.05, 4.69) is 5.32 Å². The Morgan fingerprint density at radius 1 is 1.14 bits per heavy atom. The highest BCUT2D eigenvalue weighted by molar-refractivity contribution is 8.06. The molecule has 122 valence electrons. The third-order valence-electron chi connectivity index (χ3n) is 3.64. The molecule has 8 nitrogen and oxygen atoms in total. The number of rotatable bonds is 4. The number of sulfonamides is 1. The highest BCUT2D eigenvalue weighted by Gasteiger charge is 2.41. The molecule has 0 aromatic rings. The van der Waals surface area contributed by atoms with E-state index >= 15 is 0 Å². The fraction of sp³-hybridized carbons (Fsp3) is 0.909. The molecule has 2 rings (SSSR count).